The summed E-state index contributed by atoms with van der Waals surface area (Å²) in [4.78, 5) is 29.3. The molecular formula is C33H41N3O5S. The fourth-order valence-corrected chi connectivity index (χ4v) is 6.72. The van der Waals surface area contributed by atoms with Gasteiger partial charge in [-0.05, 0) is 75.1 Å². The van der Waals surface area contributed by atoms with Crippen molar-refractivity contribution >= 4 is 27.5 Å². The van der Waals surface area contributed by atoms with Gasteiger partial charge in [-0.25, -0.2) is 8.42 Å². The molecule has 1 aliphatic rings. The Hall–Kier alpha value is -3.85. The van der Waals surface area contributed by atoms with Crippen LogP contribution in [0, 0.1) is 6.92 Å². The van der Waals surface area contributed by atoms with Crippen LogP contribution < -0.4 is 14.4 Å². The Balaban J connectivity index is 1.68. The van der Waals surface area contributed by atoms with Crippen molar-refractivity contribution in [1.29, 1.82) is 0 Å². The summed E-state index contributed by atoms with van der Waals surface area (Å²) in [7, 11) is -4.13. The molecule has 3 aromatic rings. The highest BCUT2D eigenvalue weighted by Crippen LogP contribution is 2.26. The second-order valence-corrected chi connectivity index (χ2v) is 12.5. The lowest BCUT2D eigenvalue weighted by atomic mass is 10.1. The van der Waals surface area contributed by atoms with Crippen LogP contribution in [0.2, 0.25) is 0 Å². The van der Waals surface area contributed by atoms with Crippen molar-refractivity contribution in [2.24, 2.45) is 0 Å². The molecule has 1 fully saturated rings. The molecule has 0 heterocycles. The Morgan fingerprint density at radius 1 is 0.929 bits per heavy atom. The van der Waals surface area contributed by atoms with Gasteiger partial charge in [0, 0.05) is 12.6 Å². The number of nitrogens with zero attached hydrogens (tertiary/aromatic N) is 2. The second kappa shape index (κ2) is 14.4. The number of carbonyl (C=O) groups is 2. The van der Waals surface area contributed by atoms with Crippen LogP contribution in [0.15, 0.2) is 83.8 Å². The first-order valence-corrected chi connectivity index (χ1v) is 16.1. The van der Waals surface area contributed by atoms with E-state index in [-0.39, 0.29) is 23.4 Å². The minimum atomic E-state index is -4.13. The van der Waals surface area contributed by atoms with Crippen LogP contribution in [-0.4, -0.2) is 50.4 Å². The van der Waals surface area contributed by atoms with E-state index in [2.05, 4.69) is 5.32 Å². The number of sulfonamides is 1. The average Bonchev–Trinajstić information content (AvgIpc) is 3.50. The number of hydrogen-bond acceptors (Lipinski definition) is 5. The van der Waals surface area contributed by atoms with Crippen molar-refractivity contribution < 1.29 is 22.7 Å². The molecule has 0 aliphatic heterocycles. The predicted octanol–water partition coefficient (Wildman–Crippen LogP) is 5.46. The van der Waals surface area contributed by atoms with Gasteiger partial charge in [-0.3, -0.25) is 13.9 Å². The van der Waals surface area contributed by atoms with Gasteiger partial charge in [-0.15, -0.1) is 0 Å². The molecule has 0 aromatic heterocycles. The summed E-state index contributed by atoms with van der Waals surface area (Å²) < 4.78 is 34.6. The van der Waals surface area contributed by atoms with Gasteiger partial charge in [-0.1, -0.05) is 67.8 Å². The minimum Gasteiger partial charge on any atom is -0.494 e. The number of rotatable bonds is 13. The number of para-hydroxylation sites is 1. The number of amides is 2. The van der Waals surface area contributed by atoms with Crippen LogP contribution in [0.3, 0.4) is 0 Å². The summed E-state index contributed by atoms with van der Waals surface area (Å²) in [5.74, 6) is -0.102. The van der Waals surface area contributed by atoms with Crippen LogP contribution >= 0.6 is 0 Å². The molecule has 1 N–H and O–H groups in total. The van der Waals surface area contributed by atoms with E-state index in [1.54, 1.807) is 42.5 Å². The van der Waals surface area contributed by atoms with Gasteiger partial charge in [0.1, 0.15) is 18.3 Å². The fourth-order valence-electron chi connectivity index (χ4n) is 5.30. The SMILES string of the molecule is CCOc1ccc(S(=O)(=O)N(CC(=O)N(Cc2ccc(C)cc2)C(CC)C(=O)NC2CCCC2)c2ccccc2)cc1. The van der Waals surface area contributed by atoms with Crippen LogP contribution in [0.25, 0.3) is 0 Å². The lowest BCUT2D eigenvalue weighted by molar-refractivity contribution is -0.140. The number of benzene rings is 3. The monoisotopic (exact) mass is 591 g/mol. The first-order valence-electron chi connectivity index (χ1n) is 14.7. The third-order valence-electron chi connectivity index (χ3n) is 7.61. The molecular weight excluding hydrogens is 550 g/mol. The van der Waals surface area contributed by atoms with Crippen LogP contribution in [-0.2, 0) is 26.2 Å². The van der Waals surface area contributed by atoms with E-state index in [0.29, 0.717) is 24.5 Å². The number of ether oxygens (including phenoxy) is 1. The lowest BCUT2D eigenvalue weighted by Gasteiger charge is -2.33. The Bertz CT molecular complexity index is 1420. The molecule has 0 bridgehead atoms. The molecule has 2 amide bonds. The van der Waals surface area contributed by atoms with Crippen molar-refractivity contribution in [1.82, 2.24) is 10.2 Å². The average molecular weight is 592 g/mol. The van der Waals surface area contributed by atoms with Gasteiger partial charge in [-0.2, -0.15) is 0 Å². The van der Waals surface area contributed by atoms with Gasteiger partial charge < -0.3 is 15.0 Å². The molecule has 1 atom stereocenters. The van der Waals surface area contributed by atoms with E-state index in [1.165, 1.54) is 17.0 Å². The highest BCUT2D eigenvalue weighted by atomic mass is 32.2. The van der Waals surface area contributed by atoms with Crippen molar-refractivity contribution in [3.05, 3.63) is 90.0 Å². The maximum atomic E-state index is 14.2. The minimum absolute atomic E-state index is 0.0405. The third-order valence-corrected chi connectivity index (χ3v) is 9.39. The number of hydrogen-bond donors (Lipinski definition) is 1. The zero-order valence-electron chi connectivity index (χ0n) is 24.7. The standard InChI is InChI=1S/C33H41N3O5S/c1-4-31(33(38)34-27-11-9-10-12-27)35(23-26-17-15-25(3)16-18-26)32(37)24-36(28-13-7-6-8-14-28)42(39,40)30-21-19-29(20-22-30)41-5-2/h6-8,13-22,27,31H,4-5,9-12,23-24H2,1-3H3,(H,34,38). The predicted molar refractivity (Wildman–Crippen MR) is 165 cm³/mol. The fraction of sp³-hybridized carbons (Fsp3) is 0.394. The molecule has 224 valence electrons. The first kappa shape index (κ1) is 31.1. The van der Waals surface area contributed by atoms with E-state index in [9.17, 15) is 18.0 Å². The smallest absolute Gasteiger partial charge is 0.264 e. The molecule has 1 unspecified atom stereocenters. The number of anilines is 1. The number of carbonyl (C=O) groups excluding carboxylic acids is 2. The summed E-state index contributed by atoms with van der Waals surface area (Å²) in [5, 5.41) is 3.14. The summed E-state index contributed by atoms with van der Waals surface area (Å²) >= 11 is 0. The van der Waals surface area contributed by atoms with Gasteiger partial charge in [0.05, 0.1) is 17.2 Å². The Labute approximate surface area is 249 Å². The summed E-state index contributed by atoms with van der Waals surface area (Å²) in [6.45, 7) is 5.90. The van der Waals surface area contributed by atoms with E-state index < -0.39 is 28.5 Å². The van der Waals surface area contributed by atoms with Crippen molar-refractivity contribution in [2.75, 3.05) is 17.5 Å². The molecule has 9 heteroatoms. The van der Waals surface area contributed by atoms with Crippen molar-refractivity contribution in [3.63, 3.8) is 0 Å². The maximum Gasteiger partial charge on any atom is 0.264 e. The lowest BCUT2D eigenvalue weighted by Crippen LogP contribution is -2.53. The molecule has 0 spiro atoms. The topological polar surface area (TPSA) is 96.0 Å². The van der Waals surface area contributed by atoms with E-state index in [1.807, 2.05) is 45.0 Å². The highest BCUT2D eigenvalue weighted by Gasteiger charge is 2.34. The highest BCUT2D eigenvalue weighted by molar-refractivity contribution is 7.92. The molecule has 4 rings (SSSR count). The quantitative estimate of drug-likeness (QED) is 0.285. The van der Waals surface area contributed by atoms with Gasteiger partial charge in [0.25, 0.3) is 10.0 Å². The van der Waals surface area contributed by atoms with Gasteiger partial charge >= 0.3 is 0 Å². The molecule has 1 aliphatic carbocycles. The van der Waals surface area contributed by atoms with E-state index in [0.717, 1.165) is 41.1 Å². The third kappa shape index (κ3) is 7.70. The van der Waals surface area contributed by atoms with Crippen LogP contribution in [0.4, 0.5) is 5.69 Å². The molecule has 0 radical (unpaired) electrons. The van der Waals surface area contributed by atoms with E-state index >= 15 is 0 Å². The Morgan fingerprint density at radius 2 is 1.57 bits per heavy atom. The number of nitrogens with one attached hydrogen (secondary N) is 1. The first-order chi connectivity index (χ1) is 20.2. The largest absolute Gasteiger partial charge is 0.494 e. The molecule has 42 heavy (non-hydrogen) atoms. The van der Waals surface area contributed by atoms with Gasteiger partial charge in [0.15, 0.2) is 0 Å². The van der Waals surface area contributed by atoms with Crippen molar-refractivity contribution in [3.8, 4) is 5.75 Å². The summed E-state index contributed by atoms with van der Waals surface area (Å²) in [6.07, 6.45) is 4.39. The number of aryl methyl sites for hydroxylation is 1. The molecule has 3 aromatic carbocycles. The summed E-state index contributed by atoms with van der Waals surface area (Å²) in [6, 6.07) is 21.9. The van der Waals surface area contributed by atoms with Crippen LogP contribution in [0.1, 0.15) is 57.1 Å². The second-order valence-electron chi connectivity index (χ2n) is 10.7. The molecule has 8 nitrogen and oxygen atoms in total. The van der Waals surface area contributed by atoms with Crippen molar-refractivity contribution in [2.45, 2.75) is 76.4 Å². The van der Waals surface area contributed by atoms with E-state index in [4.69, 9.17) is 4.74 Å². The summed E-state index contributed by atoms with van der Waals surface area (Å²) in [5.41, 5.74) is 2.31. The Morgan fingerprint density at radius 3 is 2.17 bits per heavy atom. The zero-order valence-corrected chi connectivity index (χ0v) is 25.5. The zero-order chi connectivity index (χ0) is 30.1. The normalized spacial score (nSPS) is 14.3. The molecule has 1 saturated carbocycles. The Kier molecular flexibility index (Phi) is 10.6. The van der Waals surface area contributed by atoms with Crippen LogP contribution in [0.5, 0.6) is 5.75 Å². The van der Waals surface area contributed by atoms with Gasteiger partial charge in [0.2, 0.25) is 11.8 Å². The molecule has 0 saturated heterocycles. The maximum absolute atomic E-state index is 14.2.